The summed E-state index contributed by atoms with van der Waals surface area (Å²) in [6.45, 7) is 5.06. The van der Waals surface area contributed by atoms with Gasteiger partial charge in [0.2, 0.25) is 0 Å². The quantitative estimate of drug-likeness (QED) is 0.464. The van der Waals surface area contributed by atoms with Crippen LogP contribution in [0.5, 0.6) is 11.5 Å². The molecule has 1 aromatic carbocycles. The molecule has 122 valence electrons. The van der Waals surface area contributed by atoms with E-state index >= 15 is 0 Å². The Balaban J connectivity index is 1.56. The zero-order chi connectivity index (χ0) is 15.2. The monoisotopic (exact) mass is 306 g/mol. The van der Waals surface area contributed by atoms with E-state index in [1.165, 1.54) is 31.2 Å². The van der Waals surface area contributed by atoms with Gasteiger partial charge in [-0.3, -0.25) is 0 Å². The topological polar surface area (TPSA) is 43.5 Å². The average molecular weight is 306 g/mol. The third-order valence-corrected chi connectivity index (χ3v) is 3.98. The number of ether oxygens (including phenoxy) is 4. The summed E-state index contributed by atoms with van der Waals surface area (Å²) in [6, 6.07) is 6.30. The highest BCUT2D eigenvalue weighted by Crippen LogP contribution is 2.31. The lowest BCUT2D eigenvalue weighted by Gasteiger charge is -2.13. The van der Waals surface area contributed by atoms with Crippen LogP contribution in [0, 0.1) is 0 Å². The Labute approximate surface area is 132 Å². The predicted octanol–water partition coefficient (Wildman–Crippen LogP) is 3.36. The number of rotatable bonds is 11. The highest BCUT2D eigenvalue weighted by atomic mass is 16.6. The fraction of sp³-hybridized carbons (Fsp3) is 0.667. The first-order valence-corrected chi connectivity index (χ1v) is 8.47. The van der Waals surface area contributed by atoms with Crippen LogP contribution in [-0.4, -0.2) is 38.6 Å². The van der Waals surface area contributed by atoms with Gasteiger partial charge in [-0.15, -0.1) is 0 Å². The van der Waals surface area contributed by atoms with Gasteiger partial charge in [0.05, 0.1) is 13.2 Å². The maximum absolute atomic E-state index is 5.89. The van der Waals surface area contributed by atoms with Gasteiger partial charge in [-0.1, -0.05) is 32.3 Å². The number of benzene rings is 1. The van der Waals surface area contributed by atoms with Crippen molar-refractivity contribution in [2.45, 2.75) is 51.2 Å². The molecule has 0 amide bonds. The summed E-state index contributed by atoms with van der Waals surface area (Å²) in [4.78, 5) is 0. The number of hydrogen-bond donors (Lipinski definition) is 0. The molecule has 4 nitrogen and oxygen atoms in total. The number of unbranched alkanes of at least 4 members (excludes halogenated alkanes) is 3. The lowest BCUT2D eigenvalue weighted by Crippen LogP contribution is -2.09. The van der Waals surface area contributed by atoms with Crippen LogP contribution in [0.1, 0.15) is 38.2 Å². The molecule has 2 heterocycles. The molecular weight excluding hydrogens is 280 g/mol. The van der Waals surface area contributed by atoms with Crippen LogP contribution in [-0.2, 0) is 15.9 Å². The standard InChI is InChI=1S/C18H26O4/c1-2-3-4-5-6-14-7-8-17(21-12-15-10-19-15)18(9-14)22-13-16-11-20-16/h7-9,15-16H,2-6,10-13H2,1H3. The molecule has 0 spiro atoms. The second-order valence-electron chi connectivity index (χ2n) is 6.12. The third kappa shape index (κ3) is 5.18. The van der Waals surface area contributed by atoms with Crippen molar-refractivity contribution in [1.82, 2.24) is 0 Å². The number of epoxide rings is 2. The minimum absolute atomic E-state index is 0.257. The highest BCUT2D eigenvalue weighted by molar-refractivity contribution is 5.43. The smallest absolute Gasteiger partial charge is 0.161 e. The maximum atomic E-state index is 5.89. The van der Waals surface area contributed by atoms with E-state index in [0.29, 0.717) is 13.2 Å². The first-order valence-electron chi connectivity index (χ1n) is 8.47. The fourth-order valence-corrected chi connectivity index (χ4v) is 2.39. The van der Waals surface area contributed by atoms with Crippen LogP contribution in [0.25, 0.3) is 0 Å². The van der Waals surface area contributed by atoms with Gasteiger partial charge in [-0.25, -0.2) is 0 Å². The molecule has 0 aliphatic carbocycles. The lowest BCUT2D eigenvalue weighted by atomic mass is 10.1. The van der Waals surface area contributed by atoms with E-state index in [9.17, 15) is 0 Å². The third-order valence-electron chi connectivity index (χ3n) is 3.98. The molecule has 0 N–H and O–H groups in total. The molecule has 2 atom stereocenters. The van der Waals surface area contributed by atoms with Crippen LogP contribution in [0.15, 0.2) is 18.2 Å². The van der Waals surface area contributed by atoms with Crippen LogP contribution in [0.2, 0.25) is 0 Å². The molecule has 2 saturated heterocycles. The van der Waals surface area contributed by atoms with Gasteiger partial charge in [-0.05, 0) is 30.5 Å². The van der Waals surface area contributed by atoms with Crippen molar-refractivity contribution in [3.05, 3.63) is 23.8 Å². The Hall–Kier alpha value is -1.26. The molecule has 4 heteroatoms. The van der Waals surface area contributed by atoms with Gasteiger partial charge in [0.25, 0.3) is 0 Å². The van der Waals surface area contributed by atoms with E-state index in [2.05, 4.69) is 19.1 Å². The highest BCUT2D eigenvalue weighted by Gasteiger charge is 2.25. The van der Waals surface area contributed by atoms with Gasteiger partial charge in [0.15, 0.2) is 11.5 Å². The van der Waals surface area contributed by atoms with E-state index in [1.54, 1.807) is 0 Å². The molecule has 22 heavy (non-hydrogen) atoms. The number of hydrogen-bond acceptors (Lipinski definition) is 4. The van der Waals surface area contributed by atoms with Crippen molar-refractivity contribution in [2.75, 3.05) is 26.4 Å². The van der Waals surface area contributed by atoms with Crippen molar-refractivity contribution in [2.24, 2.45) is 0 Å². The van der Waals surface area contributed by atoms with E-state index in [0.717, 1.165) is 31.1 Å². The van der Waals surface area contributed by atoms with Gasteiger partial charge >= 0.3 is 0 Å². The minimum atomic E-state index is 0.257. The van der Waals surface area contributed by atoms with E-state index < -0.39 is 0 Å². The molecule has 2 fully saturated rings. The van der Waals surface area contributed by atoms with Crippen molar-refractivity contribution < 1.29 is 18.9 Å². The Kier molecular flexibility index (Phi) is 5.57. The van der Waals surface area contributed by atoms with Crippen LogP contribution >= 0.6 is 0 Å². The van der Waals surface area contributed by atoms with E-state index in [4.69, 9.17) is 18.9 Å². The molecule has 0 aromatic heterocycles. The molecule has 1 aromatic rings. The summed E-state index contributed by atoms with van der Waals surface area (Å²) in [7, 11) is 0. The first-order chi connectivity index (χ1) is 10.8. The predicted molar refractivity (Wildman–Crippen MR) is 84.8 cm³/mol. The van der Waals surface area contributed by atoms with Crippen LogP contribution in [0.3, 0.4) is 0 Å². The summed E-state index contributed by atoms with van der Waals surface area (Å²) in [6.07, 6.45) is 6.72. The summed E-state index contributed by atoms with van der Waals surface area (Å²) in [5, 5.41) is 0. The Morgan fingerprint density at radius 2 is 1.64 bits per heavy atom. The SMILES string of the molecule is CCCCCCc1ccc(OCC2CO2)c(OCC2CO2)c1. The largest absolute Gasteiger partial charge is 0.487 e. The molecule has 2 aliphatic rings. The van der Waals surface area contributed by atoms with E-state index in [1.807, 2.05) is 6.07 Å². The second-order valence-corrected chi connectivity index (χ2v) is 6.12. The molecule has 0 radical (unpaired) electrons. The zero-order valence-corrected chi connectivity index (χ0v) is 13.4. The molecule has 2 unspecified atom stereocenters. The molecule has 2 aliphatic heterocycles. The van der Waals surface area contributed by atoms with Crippen molar-refractivity contribution in [3.63, 3.8) is 0 Å². The van der Waals surface area contributed by atoms with Gasteiger partial charge < -0.3 is 18.9 Å². The average Bonchev–Trinajstić information content (AvgIpc) is 3.42. The molecule has 3 rings (SSSR count). The summed E-state index contributed by atoms with van der Waals surface area (Å²) >= 11 is 0. The van der Waals surface area contributed by atoms with E-state index in [-0.39, 0.29) is 12.2 Å². The van der Waals surface area contributed by atoms with Gasteiger partial charge in [0, 0.05) is 0 Å². The summed E-state index contributed by atoms with van der Waals surface area (Å²) in [5.41, 5.74) is 1.32. The zero-order valence-electron chi connectivity index (χ0n) is 13.4. The fourth-order valence-electron chi connectivity index (χ4n) is 2.39. The summed E-state index contributed by atoms with van der Waals surface area (Å²) < 4.78 is 22.1. The Bertz CT molecular complexity index is 466. The first kappa shape index (κ1) is 15.6. The van der Waals surface area contributed by atoms with Crippen molar-refractivity contribution >= 4 is 0 Å². The van der Waals surface area contributed by atoms with Gasteiger partial charge in [-0.2, -0.15) is 0 Å². The normalized spacial score (nSPS) is 22.4. The van der Waals surface area contributed by atoms with Crippen molar-refractivity contribution in [3.8, 4) is 11.5 Å². The minimum Gasteiger partial charge on any atom is -0.487 e. The Morgan fingerprint density at radius 3 is 2.27 bits per heavy atom. The second kappa shape index (κ2) is 7.84. The van der Waals surface area contributed by atoms with Gasteiger partial charge in [0.1, 0.15) is 25.4 Å². The van der Waals surface area contributed by atoms with Crippen LogP contribution in [0.4, 0.5) is 0 Å². The number of aryl methyl sites for hydroxylation is 1. The maximum Gasteiger partial charge on any atom is 0.161 e. The molecule has 0 bridgehead atoms. The Morgan fingerprint density at radius 1 is 0.955 bits per heavy atom. The molecule has 0 saturated carbocycles. The van der Waals surface area contributed by atoms with Crippen molar-refractivity contribution in [1.29, 1.82) is 0 Å². The molecular formula is C18H26O4. The lowest BCUT2D eigenvalue weighted by molar-refractivity contribution is 0.228. The summed E-state index contributed by atoms with van der Waals surface area (Å²) in [5.74, 6) is 1.65. The van der Waals surface area contributed by atoms with Crippen LogP contribution < -0.4 is 9.47 Å².